The lowest BCUT2D eigenvalue weighted by Gasteiger charge is -1.95. The summed E-state index contributed by atoms with van der Waals surface area (Å²) in [5.74, 6) is -0.296. The Labute approximate surface area is 87.9 Å². The van der Waals surface area contributed by atoms with Crippen LogP contribution in [0.15, 0.2) is 18.3 Å². The zero-order valence-corrected chi connectivity index (χ0v) is 9.24. The molecule has 0 unspecified atom stereocenters. The van der Waals surface area contributed by atoms with E-state index in [2.05, 4.69) is 4.98 Å². The van der Waals surface area contributed by atoms with E-state index in [1.54, 1.807) is 0 Å². The smallest absolute Gasteiger partial charge is 0.125 e. The summed E-state index contributed by atoms with van der Waals surface area (Å²) in [6, 6.07) is 2.78. The highest BCUT2D eigenvalue weighted by Crippen LogP contribution is 2.25. The number of H-pyrrole nitrogens is 1. The second kappa shape index (κ2) is 4.47. The zero-order valence-electron chi connectivity index (χ0n) is 8.49. The van der Waals surface area contributed by atoms with Crippen molar-refractivity contribution >= 4 is 22.5 Å². The molecular formula is C11H13ClFN. The first-order chi connectivity index (χ1) is 6.68. The van der Waals surface area contributed by atoms with Crippen molar-refractivity contribution in [3.05, 3.63) is 34.7 Å². The summed E-state index contributed by atoms with van der Waals surface area (Å²) in [7, 11) is 0. The van der Waals surface area contributed by atoms with Crippen molar-refractivity contribution in [2.45, 2.75) is 20.8 Å². The Morgan fingerprint density at radius 1 is 1.29 bits per heavy atom. The molecule has 0 saturated carbocycles. The minimum Gasteiger partial charge on any atom is -0.360 e. The van der Waals surface area contributed by atoms with Gasteiger partial charge < -0.3 is 4.98 Å². The number of aromatic amines is 1. The third-order valence-corrected chi connectivity index (χ3v) is 2.21. The largest absolute Gasteiger partial charge is 0.360 e. The van der Waals surface area contributed by atoms with Crippen LogP contribution in [0.2, 0.25) is 5.02 Å². The highest BCUT2D eigenvalue weighted by atomic mass is 35.5. The van der Waals surface area contributed by atoms with Crippen molar-refractivity contribution in [1.29, 1.82) is 0 Å². The van der Waals surface area contributed by atoms with Crippen LogP contribution in [0.25, 0.3) is 10.9 Å². The van der Waals surface area contributed by atoms with Crippen molar-refractivity contribution in [2.24, 2.45) is 0 Å². The van der Waals surface area contributed by atoms with Crippen molar-refractivity contribution in [3.8, 4) is 0 Å². The van der Waals surface area contributed by atoms with Crippen molar-refractivity contribution in [1.82, 2.24) is 4.98 Å². The molecule has 2 aromatic rings. The predicted octanol–water partition coefficient (Wildman–Crippen LogP) is 4.30. The average Bonchev–Trinajstić information content (AvgIpc) is 2.52. The molecule has 2 rings (SSSR count). The lowest BCUT2D eigenvalue weighted by Crippen LogP contribution is -1.76. The van der Waals surface area contributed by atoms with Crippen LogP contribution >= 0.6 is 11.6 Å². The van der Waals surface area contributed by atoms with Gasteiger partial charge in [0.15, 0.2) is 0 Å². The fourth-order valence-corrected chi connectivity index (χ4v) is 1.55. The second-order valence-corrected chi connectivity index (χ2v) is 3.19. The summed E-state index contributed by atoms with van der Waals surface area (Å²) in [5, 5.41) is 1.28. The number of hydrogen-bond acceptors (Lipinski definition) is 0. The van der Waals surface area contributed by atoms with Gasteiger partial charge in [-0.15, -0.1) is 0 Å². The molecule has 1 heterocycles. The number of nitrogens with one attached hydrogen (secondary N) is 1. The number of rotatable bonds is 0. The second-order valence-electron chi connectivity index (χ2n) is 2.78. The topological polar surface area (TPSA) is 15.8 Å². The highest BCUT2D eigenvalue weighted by molar-refractivity contribution is 6.35. The van der Waals surface area contributed by atoms with Gasteiger partial charge in [-0.2, -0.15) is 0 Å². The van der Waals surface area contributed by atoms with Gasteiger partial charge in [-0.3, -0.25) is 0 Å². The molecule has 0 spiro atoms. The van der Waals surface area contributed by atoms with Crippen LogP contribution in [0.3, 0.4) is 0 Å². The van der Waals surface area contributed by atoms with Crippen LogP contribution in [-0.4, -0.2) is 4.98 Å². The van der Waals surface area contributed by atoms with E-state index in [1.807, 2.05) is 27.0 Å². The number of halogens is 2. The van der Waals surface area contributed by atoms with Gasteiger partial charge in [-0.1, -0.05) is 25.4 Å². The van der Waals surface area contributed by atoms with Crippen LogP contribution in [0.1, 0.15) is 19.4 Å². The molecule has 1 N–H and O–H groups in total. The van der Waals surface area contributed by atoms with Gasteiger partial charge in [0.2, 0.25) is 0 Å². The van der Waals surface area contributed by atoms with E-state index in [1.165, 1.54) is 12.1 Å². The van der Waals surface area contributed by atoms with Crippen LogP contribution < -0.4 is 0 Å². The predicted molar refractivity (Wildman–Crippen MR) is 59.4 cm³/mol. The number of benzene rings is 1. The van der Waals surface area contributed by atoms with Gasteiger partial charge in [0.1, 0.15) is 5.82 Å². The summed E-state index contributed by atoms with van der Waals surface area (Å²) >= 11 is 5.80. The van der Waals surface area contributed by atoms with E-state index in [9.17, 15) is 4.39 Å². The Bertz CT molecular complexity index is 434. The average molecular weight is 214 g/mol. The van der Waals surface area contributed by atoms with Gasteiger partial charge in [-0.25, -0.2) is 4.39 Å². The molecule has 1 aromatic heterocycles. The van der Waals surface area contributed by atoms with Crippen LogP contribution in [0.5, 0.6) is 0 Å². The van der Waals surface area contributed by atoms with Crippen molar-refractivity contribution in [3.63, 3.8) is 0 Å². The Morgan fingerprint density at radius 2 is 1.93 bits per heavy atom. The standard InChI is InChI=1S/C9H7ClFN.C2H6/c1-5-4-12-9-7(5)2-6(11)3-8(9)10;1-2/h2-4,12H,1H3;1-2H3. The monoisotopic (exact) mass is 213 g/mol. The van der Waals surface area contributed by atoms with Crippen LogP contribution in [-0.2, 0) is 0 Å². The third-order valence-electron chi connectivity index (χ3n) is 1.91. The maximum Gasteiger partial charge on any atom is 0.125 e. The number of aromatic nitrogens is 1. The maximum atomic E-state index is 12.9. The fraction of sp³-hybridized carbons (Fsp3) is 0.273. The molecule has 0 bridgehead atoms. The van der Waals surface area contributed by atoms with Gasteiger partial charge >= 0.3 is 0 Å². The van der Waals surface area contributed by atoms with E-state index in [0.29, 0.717) is 5.02 Å². The molecule has 76 valence electrons. The molecule has 0 saturated heterocycles. The molecule has 0 fully saturated rings. The highest BCUT2D eigenvalue weighted by Gasteiger charge is 2.05. The Hall–Kier alpha value is -1.02. The summed E-state index contributed by atoms with van der Waals surface area (Å²) in [6.45, 7) is 5.91. The summed E-state index contributed by atoms with van der Waals surface area (Å²) in [5.41, 5.74) is 1.81. The molecule has 1 nitrogen and oxygen atoms in total. The molecular weight excluding hydrogens is 201 g/mol. The van der Waals surface area contributed by atoms with Gasteiger partial charge in [0.25, 0.3) is 0 Å². The minimum absolute atomic E-state index is 0.296. The van der Waals surface area contributed by atoms with Crippen LogP contribution in [0, 0.1) is 12.7 Å². The quantitative estimate of drug-likeness (QED) is 0.672. The van der Waals surface area contributed by atoms with Crippen molar-refractivity contribution in [2.75, 3.05) is 0 Å². The number of aryl methyl sites for hydroxylation is 1. The Morgan fingerprint density at radius 3 is 2.57 bits per heavy atom. The first-order valence-electron chi connectivity index (χ1n) is 4.61. The first-order valence-corrected chi connectivity index (χ1v) is 4.99. The number of fused-ring (bicyclic) bond motifs is 1. The molecule has 0 aliphatic carbocycles. The van der Waals surface area contributed by atoms with Crippen LogP contribution in [0.4, 0.5) is 4.39 Å². The first kappa shape index (κ1) is 11.1. The molecule has 14 heavy (non-hydrogen) atoms. The lowest BCUT2D eigenvalue weighted by atomic mass is 10.2. The Kier molecular flexibility index (Phi) is 3.53. The molecule has 3 heteroatoms. The normalized spacial score (nSPS) is 9.79. The molecule has 0 atom stereocenters. The third kappa shape index (κ3) is 1.90. The van der Waals surface area contributed by atoms with E-state index >= 15 is 0 Å². The SMILES string of the molecule is CC.Cc1c[nH]c2c(Cl)cc(F)cc12. The number of hydrogen-bond donors (Lipinski definition) is 1. The van der Waals surface area contributed by atoms with E-state index in [-0.39, 0.29) is 5.82 Å². The molecule has 0 aliphatic rings. The van der Waals surface area contributed by atoms with E-state index in [4.69, 9.17) is 11.6 Å². The van der Waals surface area contributed by atoms with Gasteiger partial charge in [-0.05, 0) is 24.6 Å². The summed E-state index contributed by atoms with van der Waals surface area (Å²) < 4.78 is 12.9. The summed E-state index contributed by atoms with van der Waals surface area (Å²) in [6.07, 6.45) is 1.82. The lowest BCUT2D eigenvalue weighted by molar-refractivity contribution is 0.630. The molecule has 0 radical (unpaired) electrons. The Balaban J connectivity index is 0.000000461. The fourth-order valence-electron chi connectivity index (χ4n) is 1.29. The molecule has 1 aromatic carbocycles. The minimum atomic E-state index is -0.296. The summed E-state index contributed by atoms with van der Waals surface area (Å²) in [4.78, 5) is 2.98. The maximum absolute atomic E-state index is 12.9. The molecule has 0 aliphatic heterocycles. The van der Waals surface area contributed by atoms with Crippen molar-refractivity contribution < 1.29 is 4.39 Å². The van der Waals surface area contributed by atoms with E-state index in [0.717, 1.165) is 16.5 Å². The molecule has 0 amide bonds. The van der Waals surface area contributed by atoms with Gasteiger partial charge in [0, 0.05) is 11.6 Å². The zero-order chi connectivity index (χ0) is 10.7. The van der Waals surface area contributed by atoms with Gasteiger partial charge in [0.05, 0.1) is 10.5 Å². The van der Waals surface area contributed by atoms with E-state index < -0.39 is 0 Å².